The van der Waals surface area contributed by atoms with E-state index in [1.54, 1.807) is 0 Å². The molecule has 7 nitrogen and oxygen atoms in total. The van der Waals surface area contributed by atoms with Gasteiger partial charge in [-0.25, -0.2) is 0 Å². The molecule has 7 heteroatoms. The number of hydrogen-bond acceptors (Lipinski definition) is 5. The molecule has 10 rings (SSSR count). The number of aromatic nitrogens is 1. The topological polar surface area (TPSA) is 93.2 Å². The molecule has 0 bridgehead atoms. The first-order chi connectivity index (χ1) is 23.2. The van der Waals surface area contributed by atoms with E-state index in [1.807, 2.05) is 42.5 Å². The molecule has 2 N–H and O–H groups in total. The first kappa shape index (κ1) is 26.3. The van der Waals surface area contributed by atoms with E-state index < -0.39 is 6.29 Å². The van der Waals surface area contributed by atoms with Crippen molar-refractivity contribution in [2.24, 2.45) is 0 Å². The Kier molecular flexibility index (Phi) is 5.63. The molecule has 0 saturated carbocycles. The number of hydrogen-bond donors (Lipinski definition) is 2. The van der Waals surface area contributed by atoms with Crippen LogP contribution >= 0.6 is 0 Å². The van der Waals surface area contributed by atoms with E-state index in [-0.39, 0.29) is 12.3 Å². The van der Waals surface area contributed by atoms with E-state index in [2.05, 4.69) is 106 Å². The quantitative estimate of drug-likeness (QED) is 0.208. The lowest BCUT2D eigenvalue weighted by atomic mass is 10.0. The molecular weight excluding hydrogens is 582 g/mol. The largest absolute Gasteiger partial charge is 0.610 e. The number of fused-ring (bicyclic) bond motifs is 10. The molecule has 1 fully saturated rings. The molecule has 47 heavy (non-hydrogen) atoms. The third-order valence-electron chi connectivity index (χ3n) is 9.47. The van der Waals surface area contributed by atoms with Gasteiger partial charge in [0.25, 0.3) is 0 Å². The second-order valence-corrected chi connectivity index (χ2v) is 12.1. The fourth-order valence-electron chi connectivity index (χ4n) is 7.31. The highest BCUT2D eigenvalue weighted by Gasteiger charge is 2.25. The molecule has 9 aromatic rings. The molecule has 0 spiro atoms. The second-order valence-electron chi connectivity index (χ2n) is 12.1. The van der Waals surface area contributed by atoms with E-state index >= 15 is 0 Å². The number of benzene rings is 6. The average molecular weight is 609 g/mol. The number of rotatable bonds is 3. The molecule has 3 unspecified atom stereocenters. The predicted octanol–water partition coefficient (Wildman–Crippen LogP) is 9.89. The van der Waals surface area contributed by atoms with Crippen molar-refractivity contribution < 1.29 is 8.83 Å². The summed E-state index contributed by atoms with van der Waals surface area (Å²) in [5.74, 6) is 0. The molecule has 3 atom stereocenters. The lowest BCUT2D eigenvalue weighted by Gasteiger charge is -2.50. The monoisotopic (exact) mass is 608 g/mol. The number of nitriles is 1. The molecule has 0 aliphatic carbocycles. The van der Waals surface area contributed by atoms with E-state index in [0.29, 0.717) is 5.56 Å². The molecule has 1 aliphatic heterocycles. The number of nitrogens with one attached hydrogen (secondary N) is 2. The zero-order valence-electron chi connectivity index (χ0n) is 25.0. The van der Waals surface area contributed by atoms with E-state index in [0.717, 1.165) is 66.0 Å². The molecule has 4 heterocycles. The highest BCUT2D eigenvalue weighted by molar-refractivity contribution is 6.18. The second kappa shape index (κ2) is 10.0. The lowest BCUT2D eigenvalue weighted by molar-refractivity contribution is 0.274. The Morgan fingerprint density at radius 1 is 0.574 bits per heavy atom. The standard InChI is InChI=1S/C40H26N5O2/c41-22-23-8-7-9-24(20-23)38-42-39(44-40(43-38)45-32-13-4-1-10-26(32)27-11-2-5-14-33(27)45)25-16-17-29-31-19-18-30-28-12-3-6-15-34(28)46-36(30)37(31)47-35(29)21-25/h1-21,38-40,42-43H/q-1. The van der Waals surface area contributed by atoms with Crippen LogP contribution in [0.4, 0.5) is 0 Å². The predicted molar refractivity (Wildman–Crippen MR) is 186 cm³/mol. The molecular formula is C40H26N5O2-. The normalized spacial score (nSPS) is 18.6. The maximum absolute atomic E-state index is 9.67. The SMILES string of the molecule is N#Cc1cccc(C2NC(c3ccc4c(c3)oc3c4ccc4c5ccccc5oc43)[N-]C(n3c4ccccc4c4ccccc43)N2)c1. The molecule has 0 radical (unpaired) electrons. The Morgan fingerprint density at radius 2 is 1.21 bits per heavy atom. The summed E-state index contributed by atoms with van der Waals surface area (Å²) in [4.78, 5) is 0. The van der Waals surface area contributed by atoms with Crippen LogP contribution in [0.1, 0.15) is 35.3 Å². The number of para-hydroxylation sites is 3. The summed E-state index contributed by atoms with van der Waals surface area (Å²) in [5, 5.41) is 29.0. The molecule has 6 aromatic carbocycles. The van der Waals surface area contributed by atoms with Crippen LogP contribution in [-0.2, 0) is 0 Å². The first-order valence-electron chi connectivity index (χ1n) is 15.7. The van der Waals surface area contributed by atoms with Gasteiger partial charge in [0.15, 0.2) is 11.2 Å². The van der Waals surface area contributed by atoms with Crippen LogP contribution in [0, 0.1) is 11.3 Å². The van der Waals surface area contributed by atoms with Crippen LogP contribution in [0.25, 0.3) is 71.0 Å². The summed E-state index contributed by atoms with van der Waals surface area (Å²) in [5.41, 5.74) is 7.88. The number of nitrogens with zero attached hydrogens (tertiary/aromatic N) is 3. The van der Waals surface area contributed by atoms with Gasteiger partial charge in [0, 0.05) is 43.4 Å². The Balaban J connectivity index is 1.12. The van der Waals surface area contributed by atoms with Gasteiger partial charge in [-0.3, -0.25) is 5.32 Å². The Labute approximate surface area is 268 Å². The maximum Gasteiger partial charge on any atom is 0.178 e. The average Bonchev–Trinajstić information content (AvgIpc) is 3.81. The highest BCUT2D eigenvalue weighted by atomic mass is 16.4. The number of furan rings is 2. The minimum Gasteiger partial charge on any atom is -0.610 e. The Morgan fingerprint density at radius 3 is 1.96 bits per heavy atom. The molecule has 3 aromatic heterocycles. The summed E-state index contributed by atoms with van der Waals surface area (Å²) >= 11 is 0. The van der Waals surface area contributed by atoms with Gasteiger partial charge in [0.05, 0.1) is 17.8 Å². The van der Waals surface area contributed by atoms with Crippen molar-refractivity contribution in [2.45, 2.75) is 18.6 Å². The summed E-state index contributed by atoms with van der Waals surface area (Å²) < 4.78 is 15.1. The van der Waals surface area contributed by atoms with E-state index in [4.69, 9.17) is 14.2 Å². The third kappa shape index (κ3) is 3.97. The zero-order chi connectivity index (χ0) is 31.1. The van der Waals surface area contributed by atoms with Crippen molar-refractivity contribution in [2.75, 3.05) is 0 Å². The smallest absolute Gasteiger partial charge is 0.178 e. The third-order valence-corrected chi connectivity index (χ3v) is 9.47. The lowest BCUT2D eigenvalue weighted by Crippen LogP contribution is -2.46. The van der Waals surface area contributed by atoms with Gasteiger partial charge in [-0.1, -0.05) is 85.0 Å². The van der Waals surface area contributed by atoms with Crippen molar-refractivity contribution >= 4 is 65.7 Å². The van der Waals surface area contributed by atoms with Crippen molar-refractivity contribution in [3.05, 3.63) is 149 Å². The summed E-state index contributed by atoms with van der Waals surface area (Å²) in [6, 6.07) is 45.5. The van der Waals surface area contributed by atoms with Gasteiger partial charge in [-0.05, 0) is 65.9 Å². The van der Waals surface area contributed by atoms with Gasteiger partial charge < -0.3 is 24.0 Å². The Bertz CT molecular complexity index is 2670. The summed E-state index contributed by atoms with van der Waals surface area (Å²) in [6.07, 6.45) is -1.05. The van der Waals surface area contributed by atoms with Crippen LogP contribution < -0.4 is 10.6 Å². The van der Waals surface area contributed by atoms with Crippen molar-refractivity contribution in [1.82, 2.24) is 15.2 Å². The van der Waals surface area contributed by atoms with E-state index in [9.17, 15) is 5.26 Å². The van der Waals surface area contributed by atoms with Gasteiger partial charge in [0.1, 0.15) is 11.2 Å². The summed E-state index contributed by atoms with van der Waals surface area (Å²) in [6.45, 7) is 0. The first-order valence-corrected chi connectivity index (χ1v) is 15.7. The molecule has 1 saturated heterocycles. The van der Waals surface area contributed by atoms with Gasteiger partial charge in [-0.2, -0.15) is 5.26 Å². The van der Waals surface area contributed by atoms with Gasteiger partial charge >= 0.3 is 0 Å². The van der Waals surface area contributed by atoms with E-state index in [1.165, 1.54) is 10.8 Å². The van der Waals surface area contributed by atoms with Crippen LogP contribution in [0.3, 0.4) is 0 Å². The van der Waals surface area contributed by atoms with Crippen LogP contribution in [0.2, 0.25) is 0 Å². The molecule has 1 aliphatic rings. The van der Waals surface area contributed by atoms with Crippen LogP contribution in [0.15, 0.2) is 136 Å². The zero-order valence-corrected chi connectivity index (χ0v) is 25.0. The van der Waals surface area contributed by atoms with Crippen molar-refractivity contribution in [3.63, 3.8) is 0 Å². The van der Waals surface area contributed by atoms with Crippen molar-refractivity contribution in [3.8, 4) is 6.07 Å². The fourth-order valence-corrected chi connectivity index (χ4v) is 7.31. The maximum atomic E-state index is 9.67. The minimum atomic E-state index is -0.400. The summed E-state index contributed by atoms with van der Waals surface area (Å²) in [7, 11) is 0. The van der Waals surface area contributed by atoms with Gasteiger partial charge in [0.2, 0.25) is 0 Å². The van der Waals surface area contributed by atoms with Crippen LogP contribution in [0.5, 0.6) is 0 Å². The molecule has 0 amide bonds. The van der Waals surface area contributed by atoms with Crippen molar-refractivity contribution in [1.29, 1.82) is 5.26 Å². The van der Waals surface area contributed by atoms with Crippen LogP contribution in [-0.4, -0.2) is 4.57 Å². The fraction of sp³-hybridized carbons (Fsp3) is 0.0750. The molecule has 224 valence electrons. The minimum absolute atomic E-state index is 0.280. The highest BCUT2D eigenvalue weighted by Crippen LogP contribution is 2.42. The Hall–Kier alpha value is -5.91. The van der Waals surface area contributed by atoms with Gasteiger partial charge in [-0.15, -0.1) is 0 Å².